The van der Waals surface area contributed by atoms with E-state index in [0.717, 1.165) is 36.5 Å². The molecule has 200 valence electrons. The van der Waals surface area contributed by atoms with Crippen LogP contribution in [-0.2, 0) is 9.53 Å². The predicted octanol–water partition coefficient (Wildman–Crippen LogP) is 2.81. The van der Waals surface area contributed by atoms with Crippen molar-refractivity contribution >= 4 is 40.8 Å². The van der Waals surface area contributed by atoms with Crippen molar-refractivity contribution in [3.63, 3.8) is 0 Å². The summed E-state index contributed by atoms with van der Waals surface area (Å²) in [7, 11) is 2.07. The summed E-state index contributed by atoms with van der Waals surface area (Å²) in [5.41, 5.74) is 3.92. The molecule has 11 heteroatoms. The highest BCUT2D eigenvalue weighted by molar-refractivity contribution is 8.03. The molecule has 0 unspecified atom stereocenters. The Kier molecular flexibility index (Phi) is 7.08. The summed E-state index contributed by atoms with van der Waals surface area (Å²) in [6.45, 7) is 5.56. The van der Waals surface area contributed by atoms with E-state index in [0.29, 0.717) is 56.7 Å². The first kappa shape index (κ1) is 25.3. The van der Waals surface area contributed by atoms with Crippen LogP contribution in [0.15, 0.2) is 45.7 Å². The van der Waals surface area contributed by atoms with Gasteiger partial charge >= 0.3 is 0 Å². The number of nitrogens with one attached hydrogen (secondary N) is 1. The summed E-state index contributed by atoms with van der Waals surface area (Å²) in [5.74, 6) is -0.889. The molecule has 0 atom stereocenters. The minimum absolute atomic E-state index is 0.0431. The smallest absolute Gasteiger partial charge is 0.270 e. The monoisotopic (exact) mass is 538 g/mol. The van der Waals surface area contributed by atoms with E-state index in [1.165, 1.54) is 17.8 Å². The second kappa shape index (κ2) is 10.6. The van der Waals surface area contributed by atoms with E-state index >= 15 is 4.39 Å². The number of hydrogen-bond donors (Lipinski definition) is 1. The van der Waals surface area contributed by atoms with Gasteiger partial charge < -0.3 is 19.4 Å². The van der Waals surface area contributed by atoms with Gasteiger partial charge in [-0.15, -0.1) is 0 Å². The van der Waals surface area contributed by atoms with Gasteiger partial charge in [0.1, 0.15) is 11.4 Å². The van der Waals surface area contributed by atoms with Crippen LogP contribution in [0, 0.1) is 5.82 Å². The van der Waals surface area contributed by atoms with Gasteiger partial charge in [0, 0.05) is 42.5 Å². The van der Waals surface area contributed by atoms with E-state index in [1.807, 2.05) is 34.1 Å². The average molecular weight is 539 g/mol. The highest BCUT2D eigenvalue weighted by Gasteiger charge is 2.38. The van der Waals surface area contributed by atoms with Crippen LogP contribution in [0.5, 0.6) is 0 Å². The third kappa shape index (κ3) is 4.79. The molecule has 0 radical (unpaired) electrons. The zero-order valence-electron chi connectivity index (χ0n) is 21.4. The molecule has 0 saturated carbocycles. The number of rotatable bonds is 3. The van der Waals surface area contributed by atoms with Gasteiger partial charge in [0.15, 0.2) is 11.6 Å². The molecule has 4 aliphatic rings. The van der Waals surface area contributed by atoms with Crippen LogP contribution in [0.25, 0.3) is 0 Å². The Morgan fingerprint density at radius 3 is 2.68 bits per heavy atom. The summed E-state index contributed by atoms with van der Waals surface area (Å²) in [5, 5.41) is 1.76. The van der Waals surface area contributed by atoms with Crippen LogP contribution in [0.2, 0.25) is 0 Å². The number of Topliss-reactive ketones (excluding diaryl/α,β-unsaturated/α-hetero) is 1. The highest BCUT2D eigenvalue weighted by atomic mass is 32.2. The Balaban J connectivity index is 1.43. The number of ether oxygens (including phenoxy) is 1. The van der Waals surface area contributed by atoms with E-state index in [1.54, 1.807) is 5.01 Å². The normalized spacial score (nSPS) is 20.8. The van der Waals surface area contributed by atoms with Crippen molar-refractivity contribution in [3.05, 3.63) is 52.2 Å². The van der Waals surface area contributed by atoms with E-state index in [9.17, 15) is 9.59 Å². The van der Waals surface area contributed by atoms with E-state index in [2.05, 4.69) is 17.4 Å². The van der Waals surface area contributed by atoms with Crippen molar-refractivity contribution in [3.8, 4) is 0 Å². The molecule has 0 aliphatic carbocycles. The molecule has 1 N–H and O–H groups in total. The van der Waals surface area contributed by atoms with E-state index < -0.39 is 17.5 Å². The van der Waals surface area contributed by atoms with Gasteiger partial charge in [0.25, 0.3) is 5.91 Å². The van der Waals surface area contributed by atoms with Gasteiger partial charge in [0.05, 0.1) is 31.0 Å². The molecule has 9 nitrogen and oxygen atoms in total. The lowest BCUT2D eigenvalue weighted by Gasteiger charge is -2.33. The van der Waals surface area contributed by atoms with Crippen molar-refractivity contribution in [1.29, 1.82) is 0 Å². The zero-order chi connectivity index (χ0) is 26.2. The number of fused-ring (bicyclic) bond motifs is 6. The van der Waals surface area contributed by atoms with E-state index in [-0.39, 0.29) is 17.0 Å². The number of pyridine rings is 1. The first-order valence-corrected chi connectivity index (χ1v) is 13.9. The summed E-state index contributed by atoms with van der Waals surface area (Å²) in [4.78, 5) is 40.0. The first-order valence-electron chi connectivity index (χ1n) is 13.1. The standard InChI is InChI=1S/C27H31FN6O3S/c1-31-8-4-5-9-32(11-10-31)26-19(28)16-18-24(35)23(27(36)30-33-12-14-37-15-13-33)22-17-34(25(18)29-26)20-6-2-3-7-21(20)38-22/h2-3,6-7,16H,4-5,8-15,17H2,1H3,(H,30,36). The maximum atomic E-state index is 15.7. The van der Waals surface area contributed by atoms with Crippen LogP contribution in [0.1, 0.15) is 23.2 Å². The Labute approximate surface area is 225 Å². The number of amides is 1. The molecular formula is C27H31FN6O3S. The Morgan fingerprint density at radius 2 is 1.84 bits per heavy atom. The molecule has 1 amide bonds. The second-order valence-corrected chi connectivity index (χ2v) is 11.1. The fourth-order valence-corrected chi connectivity index (χ4v) is 6.50. The van der Waals surface area contributed by atoms with Crippen molar-refractivity contribution in [1.82, 2.24) is 20.3 Å². The number of benzene rings is 1. The number of hydrazine groups is 1. The highest BCUT2D eigenvalue weighted by Crippen LogP contribution is 2.48. The Bertz CT molecular complexity index is 1300. The summed E-state index contributed by atoms with van der Waals surface area (Å²) in [6, 6.07) is 9.09. The fourth-order valence-electron chi connectivity index (χ4n) is 5.32. The number of anilines is 3. The molecule has 2 aromatic rings. The number of carbonyl (C=O) groups excluding carboxylic acids is 2. The average Bonchev–Trinajstić information content (AvgIpc) is 3.00. The second-order valence-electron chi connectivity index (χ2n) is 9.99. The van der Waals surface area contributed by atoms with Crippen LogP contribution in [0.4, 0.5) is 21.7 Å². The minimum atomic E-state index is -0.545. The number of carbonyl (C=O) groups is 2. The molecule has 4 aliphatic heterocycles. The summed E-state index contributed by atoms with van der Waals surface area (Å²) < 4.78 is 21.1. The topological polar surface area (TPSA) is 81.2 Å². The molecule has 5 heterocycles. The molecule has 2 fully saturated rings. The number of hydrogen-bond acceptors (Lipinski definition) is 9. The molecule has 1 aromatic heterocycles. The molecule has 1 aromatic carbocycles. The lowest BCUT2D eigenvalue weighted by molar-refractivity contribution is -0.123. The third-order valence-corrected chi connectivity index (χ3v) is 8.55. The largest absolute Gasteiger partial charge is 0.379 e. The van der Waals surface area contributed by atoms with Crippen molar-refractivity contribution in [2.24, 2.45) is 0 Å². The quantitative estimate of drug-likeness (QED) is 0.594. The van der Waals surface area contributed by atoms with Crippen LogP contribution < -0.4 is 15.2 Å². The minimum Gasteiger partial charge on any atom is -0.379 e. The van der Waals surface area contributed by atoms with Gasteiger partial charge in [-0.25, -0.2) is 14.4 Å². The fraction of sp³-hybridized carbons (Fsp3) is 0.444. The summed E-state index contributed by atoms with van der Waals surface area (Å²) >= 11 is 1.42. The lowest BCUT2D eigenvalue weighted by Crippen LogP contribution is -2.49. The number of thioether (sulfide) groups is 1. The number of halogens is 1. The number of likely N-dealkylation sites (N-methyl/N-ethyl adjacent to an activating group) is 1. The van der Waals surface area contributed by atoms with Gasteiger partial charge in [-0.2, -0.15) is 0 Å². The molecule has 2 saturated heterocycles. The van der Waals surface area contributed by atoms with Crippen molar-refractivity contribution in [2.75, 3.05) is 75.9 Å². The maximum absolute atomic E-state index is 15.7. The molecule has 2 bridgehead atoms. The number of ketones is 1. The number of aromatic nitrogens is 1. The molecular weight excluding hydrogens is 507 g/mol. The Morgan fingerprint density at radius 1 is 1.05 bits per heavy atom. The molecule has 0 spiro atoms. The first-order chi connectivity index (χ1) is 18.5. The van der Waals surface area contributed by atoms with Crippen molar-refractivity contribution in [2.45, 2.75) is 17.7 Å². The van der Waals surface area contributed by atoms with Crippen LogP contribution >= 0.6 is 11.8 Å². The lowest BCUT2D eigenvalue weighted by atomic mass is 10.0. The van der Waals surface area contributed by atoms with E-state index in [4.69, 9.17) is 9.72 Å². The number of para-hydroxylation sites is 1. The zero-order valence-corrected chi connectivity index (χ0v) is 22.2. The number of nitrogens with zero attached hydrogens (tertiary/aromatic N) is 5. The maximum Gasteiger partial charge on any atom is 0.270 e. The van der Waals surface area contributed by atoms with Crippen molar-refractivity contribution < 1.29 is 18.7 Å². The predicted molar refractivity (Wildman–Crippen MR) is 144 cm³/mol. The molecule has 6 rings (SSSR count). The Hall–Kier alpha value is -2.99. The molecule has 38 heavy (non-hydrogen) atoms. The van der Waals surface area contributed by atoms with Crippen LogP contribution in [-0.4, -0.2) is 92.7 Å². The number of morpholine rings is 1. The van der Waals surface area contributed by atoms with Gasteiger partial charge in [-0.1, -0.05) is 23.9 Å². The third-order valence-electron chi connectivity index (χ3n) is 7.40. The van der Waals surface area contributed by atoms with Gasteiger partial charge in [-0.05, 0) is 44.6 Å². The van der Waals surface area contributed by atoms with Gasteiger partial charge in [0.2, 0.25) is 5.78 Å². The summed E-state index contributed by atoms with van der Waals surface area (Å²) in [6.07, 6.45) is 1.96. The van der Waals surface area contributed by atoms with Gasteiger partial charge in [-0.3, -0.25) is 15.0 Å². The van der Waals surface area contributed by atoms with Crippen LogP contribution in [0.3, 0.4) is 0 Å². The SMILES string of the molecule is CN1CCCCN(c2nc3c(cc2F)C(=O)C(C(=O)NN2CCOCC2)=C2CN3c3ccccc3S2)CC1.